The molecule has 2 nitrogen and oxygen atoms in total. The Balaban J connectivity index is 2.12. The van der Waals surface area contributed by atoms with E-state index in [-0.39, 0.29) is 5.82 Å². The summed E-state index contributed by atoms with van der Waals surface area (Å²) in [6.07, 6.45) is 1.70. The van der Waals surface area contributed by atoms with Crippen molar-refractivity contribution < 1.29 is 4.39 Å². The highest BCUT2D eigenvalue weighted by Crippen LogP contribution is 2.35. The number of benzene rings is 2. The molecule has 0 aliphatic heterocycles. The fourth-order valence-electron chi connectivity index (χ4n) is 1.91. The van der Waals surface area contributed by atoms with Crippen molar-refractivity contribution in [1.82, 2.24) is 4.98 Å². The molecule has 3 aromatic rings. The second-order valence-corrected chi connectivity index (χ2v) is 5.17. The molecule has 94 valence electrons. The highest BCUT2D eigenvalue weighted by Gasteiger charge is 2.08. The van der Waals surface area contributed by atoms with Gasteiger partial charge < -0.3 is 5.73 Å². The average molecular weight is 270 g/mol. The van der Waals surface area contributed by atoms with Crippen molar-refractivity contribution in [3.05, 3.63) is 60.5 Å². The third-order valence-electron chi connectivity index (χ3n) is 2.82. The van der Waals surface area contributed by atoms with Crippen molar-refractivity contribution in [3.8, 4) is 0 Å². The molecule has 0 saturated heterocycles. The topological polar surface area (TPSA) is 38.9 Å². The van der Waals surface area contributed by atoms with Crippen LogP contribution in [0.4, 0.5) is 10.1 Å². The Morgan fingerprint density at radius 1 is 0.947 bits per heavy atom. The highest BCUT2D eigenvalue weighted by atomic mass is 32.2. The number of nitrogens with zero attached hydrogens (tertiary/aromatic N) is 1. The lowest BCUT2D eigenvalue weighted by Crippen LogP contribution is -1.90. The first-order valence-electron chi connectivity index (χ1n) is 5.81. The van der Waals surface area contributed by atoms with E-state index < -0.39 is 0 Å². The summed E-state index contributed by atoms with van der Waals surface area (Å²) in [5.74, 6) is -0.221. The molecule has 1 heterocycles. The molecule has 1 aromatic heterocycles. The Morgan fingerprint density at radius 2 is 1.79 bits per heavy atom. The Hall–Kier alpha value is -2.07. The molecule has 0 bridgehead atoms. The number of nitrogen functional groups attached to an aromatic ring is 1. The van der Waals surface area contributed by atoms with E-state index in [1.54, 1.807) is 18.3 Å². The van der Waals surface area contributed by atoms with Crippen LogP contribution >= 0.6 is 11.8 Å². The van der Waals surface area contributed by atoms with Gasteiger partial charge in [0.1, 0.15) is 5.82 Å². The molecule has 0 aliphatic carbocycles. The molecule has 2 aromatic carbocycles. The third-order valence-corrected chi connectivity index (χ3v) is 3.95. The van der Waals surface area contributed by atoms with Crippen LogP contribution in [0.15, 0.2) is 64.5 Å². The molecule has 19 heavy (non-hydrogen) atoms. The van der Waals surface area contributed by atoms with Gasteiger partial charge in [0, 0.05) is 21.4 Å². The number of pyridine rings is 1. The fraction of sp³-hybridized carbons (Fsp3) is 0. The maximum atomic E-state index is 13.7. The molecule has 0 unspecified atom stereocenters. The van der Waals surface area contributed by atoms with Crippen LogP contribution in [0.2, 0.25) is 0 Å². The summed E-state index contributed by atoms with van der Waals surface area (Å²) in [7, 11) is 0. The lowest BCUT2D eigenvalue weighted by atomic mass is 10.2. The van der Waals surface area contributed by atoms with E-state index in [1.807, 2.05) is 30.3 Å². The van der Waals surface area contributed by atoms with Gasteiger partial charge in [-0.15, -0.1) is 0 Å². The molecule has 0 fully saturated rings. The monoisotopic (exact) mass is 270 g/mol. The second kappa shape index (κ2) is 4.90. The molecule has 0 atom stereocenters. The van der Waals surface area contributed by atoms with Crippen LogP contribution in [0.3, 0.4) is 0 Å². The van der Waals surface area contributed by atoms with E-state index in [9.17, 15) is 4.39 Å². The van der Waals surface area contributed by atoms with Gasteiger partial charge in [-0.2, -0.15) is 0 Å². The molecule has 0 amide bonds. The maximum absolute atomic E-state index is 13.7. The summed E-state index contributed by atoms with van der Waals surface area (Å²) in [6, 6.07) is 14.2. The van der Waals surface area contributed by atoms with Gasteiger partial charge in [-0.25, -0.2) is 4.39 Å². The summed E-state index contributed by atoms with van der Waals surface area (Å²) < 4.78 is 13.7. The van der Waals surface area contributed by atoms with E-state index in [0.717, 1.165) is 15.8 Å². The zero-order valence-corrected chi connectivity index (χ0v) is 10.8. The minimum atomic E-state index is -0.221. The van der Waals surface area contributed by atoms with Gasteiger partial charge in [-0.05, 0) is 24.3 Å². The van der Waals surface area contributed by atoms with Crippen LogP contribution in [0.25, 0.3) is 10.9 Å². The van der Waals surface area contributed by atoms with Crippen molar-refractivity contribution in [2.24, 2.45) is 0 Å². The number of nitrogens with two attached hydrogens (primary N) is 1. The molecular formula is C15H11FN2S. The summed E-state index contributed by atoms with van der Waals surface area (Å²) in [5, 5.41) is 0.941. The highest BCUT2D eigenvalue weighted by molar-refractivity contribution is 7.99. The molecule has 2 N–H and O–H groups in total. The summed E-state index contributed by atoms with van der Waals surface area (Å²) in [6.45, 7) is 0. The van der Waals surface area contributed by atoms with Crippen LogP contribution in [-0.4, -0.2) is 4.98 Å². The molecule has 0 radical (unpaired) electrons. The van der Waals surface area contributed by atoms with E-state index in [1.165, 1.54) is 17.8 Å². The number of hydrogen-bond donors (Lipinski definition) is 1. The molecule has 0 saturated carbocycles. The predicted molar refractivity (Wildman–Crippen MR) is 76.7 cm³/mol. The van der Waals surface area contributed by atoms with Crippen molar-refractivity contribution in [2.75, 3.05) is 5.73 Å². The number of hydrogen-bond acceptors (Lipinski definition) is 3. The summed E-state index contributed by atoms with van der Waals surface area (Å²) >= 11 is 1.38. The molecule has 0 spiro atoms. The van der Waals surface area contributed by atoms with Gasteiger partial charge >= 0.3 is 0 Å². The van der Waals surface area contributed by atoms with Crippen LogP contribution in [0, 0.1) is 5.82 Å². The molecule has 4 heteroatoms. The van der Waals surface area contributed by atoms with E-state index in [2.05, 4.69) is 4.98 Å². The minimum absolute atomic E-state index is 0.221. The lowest BCUT2D eigenvalue weighted by molar-refractivity contribution is 0.602. The lowest BCUT2D eigenvalue weighted by Gasteiger charge is -2.07. The number of anilines is 1. The van der Waals surface area contributed by atoms with Gasteiger partial charge in [0.05, 0.1) is 11.2 Å². The Kier molecular flexibility index (Phi) is 3.09. The van der Waals surface area contributed by atoms with E-state index >= 15 is 0 Å². The number of fused-ring (bicyclic) bond motifs is 1. The predicted octanol–water partition coefficient (Wildman–Crippen LogP) is 4.11. The average Bonchev–Trinajstić information content (AvgIpc) is 2.42. The molecule has 0 aliphatic rings. The molecular weight excluding hydrogens is 259 g/mol. The first-order chi connectivity index (χ1) is 9.25. The van der Waals surface area contributed by atoms with Crippen molar-refractivity contribution in [1.29, 1.82) is 0 Å². The first-order valence-corrected chi connectivity index (χ1v) is 6.63. The maximum Gasteiger partial charge on any atom is 0.137 e. The van der Waals surface area contributed by atoms with Crippen LogP contribution < -0.4 is 5.73 Å². The Morgan fingerprint density at radius 3 is 2.63 bits per heavy atom. The quantitative estimate of drug-likeness (QED) is 0.712. The number of halogens is 1. The number of aromatic nitrogens is 1. The minimum Gasteiger partial charge on any atom is -0.397 e. The Bertz CT molecular complexity index is 743. The largest absolute Gasteiger partial charge is 0.397 e. The summed E-state index contributed by atoms with van der Waals surface area (Å²) in [4.78, 5) is 5.81. The van der Waals surface area contributed by atoms with E-state index in [4.69, 9.17) is 5.73 Å². The van der Waals surface area contributed by atoms with Gasteiger partial charge in [0.2, 0.25) is 0 Å². The summed E-state index contributed by atoms with van der Waals surface area (Å²) in [5.41, 5.74) is 7.29. The number of para-hydroxylation sites is 1. The Labute approximate surface area is 114 Å². The fourth-order valence-corrected chi connectivity index (χ4v) is 2.86. The van der Waals surface area contributed by atoms with Crippen molar-refractivity contribution in [2.45, 2.75) is 9.79 Å². The first kappa shape index (κ1) is 12.0. The zero-order chi connectivity index (χ0) is 13.2. The SMILES string of the molecule is Nc1cccc2c(Sc3ccccc3F)ccnc12. The van der Waals surface area contributed by atoms with Gasteiger partial charge in [0.15, 0.2) is 0 Å². The van der Waals surface area contributed by atoms with Crippen LogP contribution in [0.5, 0.6) is 0 Å². The molecule has 3 rings (SSSR count). The van der Waals surface area contributed by atoms with Crippen LogP contribution in [-0.2, 0) is 0 Å². The zero-order valence-electron chi connectivity index (χ0n) is 10.0. The van der Waals surface area contributed by atoms with Crippen molar-refractivity contribution >= 4 is 28.4 Å². The third kappa shape index (κ3) is 2.27. The smallest absolute Gasteiger partial charge is 0.137 e. The second-order valence-electron chi connectivity index (χ2n) is 4.08. The van der Waals surface area contributed by atoms with Gasteiger partial charge in [0.25, 0.3) is 0 Å². The van der Waals surface area contributed by atoms with Gasteiger partial charge in [-0.1, -0.05) is 36.0 Å². The van der Waals surface area contributed by atoms with Crippen molar-refractivity contribution in [3.63, 3.8) is 0 Å². The number of rotatable bonds is 2. The van der Waals surface area contributed by atoms with Gasteiger partial charge in [-0.3, -0.25) is 4.98 Å². The standard InChI is InChI=1S/C15H11FN2S/c16-11-5-1-2-7-14(11)19-13-8-9-18-15-10(13)4-3-6-12(15)17/h1-9H,17H2. The van der Waals surface area contributed by atoms with E-state index in [0.29, 0.717) is 10.6 Å². The normalized spacial score (nSPS) is 10.8. The van der Waals surface area contributed by atoms with Crippen LogP contribution in [0.1, 0.15) is 0 Å².